The summed E-state index contributed by atoms with van der Waals surface area (Å²) in [6, 6.07) is 24.2. The molecule has 4 heteroatoms. The van der Waals surface area contributed by atoms with Gasteiger partial charge in [-0.15, -0.1) is 0 Å². The van der Waals surface area contributed by atoms with Crippen molar-refractivity contribution in [3.63, 3.8) is 0 Å². The number of rotatable bonds is 6. The van der Waals surface area contributed by atoms with Gasteiger partial charge in [-0.2, -0.15) is 0 Å². The SMILES string of the molecule is O=C(O)c1cccc(CNC(=O)c2cccc(Cc3ccccc3)c2)c1. The van der Waals surface area contributed by atoms with Gasteiger partial charge in [0.05, 0.1) is 5.56 Å². The van der Waals surface area contributed by atoms with Gasteiger partial charge in [-0.1, -0.05) is 54.6 Å². The van der Waals surface area contributed by atoms with Gasteiger partial charge in [0.25, 0.3) is 5.91 Å². The maximum atomic E-state index is 12.4. The Bertz CT molecular complexity index is 919. The minimum absolute atomic E-state index is 0.180. The van der Waals surface area contributed by atoms with E-state index in [4.69, 9.17) is 5.11 Å². The Morgan fingerprint density at radius 1 is 0.731 bits per heavy atom. The van der Waals surface area contributed by atoms with Gasteiger partial charge in [-0.25, -0.2) is 4.79 Å². The predicted octanol–water partition coefficient (Wildman–Crippen LogP) is 3.91. The van der Waals surface area contributed by atoms with Crippen LogP contribution in [0.5, 0.6) is 0 Å². The molecule has 0 heterocycles. The van der Waals surface area contributed by atoms with Crippen molar-refractivity contribution in [3.05, 3.63) is 107 Å². The van der Waals surface area contributed by atoms with Crippen LogP contribution in [0.3, 0.4) is 0 Å². The van der Waals surface area contributed by atoms with Crippen molar-refractivity contribution in [2.45, 2.75) is 13.0 Å². The smallest absolute Gasteiger partial charge is 0.335 e. The van der Waals surface area contributed by atoms with E-state index in [1.165, 1.54) is 11.6 Å². The summed E-state index contributed by atoms with van der Waals surface area (Å²) in [4.78, 5) is 23.4. The van der Waals surface area contributed by atoms with Gasteiger partial charge in [-0.05, 0) is 47.4 Å². The number of carboxylic acids is 1. The molecule has 0 aliphatic heterocycles. The van der Waals surface area contributed by atoms with Crippen molar-refractivity contribution >= 4 is 11.9 Å². The lowest BCUT2D eigenvalue weighted by Gasteiger charge is -2.08. The molecule has 0 unspecified atom stereocenters. The van der Waals surface area contributed by atoms with Crippen LogP contribution in [0.1, 0.15) is 37.4 Å². The fourth-order valence-electron chi connectivity index (χ4n) is 2.75. The monoisotopic (exact) mass is 345 g/mol. The first kappa shape index (κ1) is 17.4. The molecule has 0 saturated carbocycles. The predicted molar refractivity (Wildman–Crippen MR) is 100 cm³/mol. The normalized spacial score (nSPS) is 10.3. The summed E-state index contributed by atoms with van der Waals surface area (Å²) in [5.41, 5.74) is 3.81. The lowest BCUT2D eigenvalue weighted by atomic mass is 10.0. The molecule has 0 atom stereocenters. The number of nitrogens with one attached hydrogen (secondary N) is 1. The first-order valence-corrected chi connectivity index (χ1v) is 8.35. The van der Waals surface area contributed by atoms with Crippen LogP contribution in [0.4, 0.5) is 0 Å². The highest BCUT2D eigenvalue weighted by atomic mass is 16.4. The average molecular weight is 345 g/mol. The van der Waals surface area contributed by atoms with E-state index in [9.17, 15) is 9.59 Å². The summed E-state index contributed by atoms with van der Waals surface area (Å²) < 4.78 is 0. The van der Waals surface area contributed by atoms with E-state index in [0.29, 0.717) is 5.56 Å². The second-order valence-electron chi connectivity index (χ2n) is 6.05. The summed E-state index contributed by atoms with van der Waals surface area (Å²) in [6.45, 7) is 0.281. The van der Waals surface area contributed by atoms with Crippen molar-refractivity contribution in [2.24, 2.45) is 0 Å². The van der Waals surface area contributed by atoms with E-state index >= 15 is 0 Å². The number of hydrogen-bond donors (Lipinski definition) is 2. The van der Waals surface area contributed by atoms with Gasteiger partial charge in [0.15, 0.2) is 0 Å². The topological polar surface area (TPSA) is 66.4 Å². The molecule has 0 saturated heterocycles. The van der Waals surface area contributed by atoms with Crippen molar-refractivity contribution < 1.29 is 14.7 Å². The van der Waals surface area contributed by atoms with Crippen molar-refractivity contribution in [1.29, 1.82) is 0 Å². The minimum Gasteiger partial charge on any atom is -0.478 e. The van der Waals surface area contributed by atoms with Crippen molar-refractivity contribution in [3.8, 4) is 0 Å². The Labute approximate surface area is 152 Å². The molecule has 1 amide bonds. The van der Waals surface area contributed by atoms with Crippen molar-refractivity contribution in [1.82, 2.24) is 5.32 Å². The Kier molecular flexibility index (Phi) is 5.44. The molecule has 4 nitrogen and oxygen atoms in total. The summed E-state index contributed by atoms with van der Waals surface area (Å²) in [6.07, 6.45) is 0.766. The lowest BCUT2D eigenvalue weighted by Crippen LogP contribution is -2.23. The van der Waals surface area contributed by atoms with Crippen LogP contribution in [0, 0.1) is 0 Å². The molecular formula is C22H19NO3. The van der Waals surface area contributed by atoms with Gasteiger partial charge in [0.2, 0.25) is 0 Å². The number of benzene rings is 3. The molecule has 3 aromatic rings. The Morgan fingerprint density at radius 2 is 1.35 bits per heavy atom. The number of hydrogen-bond acceptors (Lipinski definition) is 2. The van der Waals surface area contributed by atoms with Crippen LogP contribution >= 0.6 is 0 Å². The second-order valence-corrected chi connectivity index (χ2v) is 6.05. The van der Waals surface area contributed by atoms with E-state index < -0.39 is 5.97 Å². The van der Waals surface area contributed by atoms with Crippen LogP contribution in [0.25, 0.3) is 0 Å². The fraction of sp³-hybridized carbons (Fsp3) is 0.0909. The molecule has 2 N–H and O–H groups in total. The van der Waals surface area contributed by atoms with Gasteiger partial charge < -0.3 is 10.4 Å². The Morgan fingerprint density at radius 3 is 2.08 bits per heavy atom. The number of aromatic carboxylic acids is 1. The quantitative estimate of drug-likeness (QED) is 0.712. The zero-order chi connectivity index (χ0) is 18.4. The minimum atomic E-state index is -0.980. The molecule has 0 aliphatic carbocycles. The van der Waals surface area contributed by atoms with Crippen molar-refractivity contribution in [2.75, 3.05) is 0 Å². The zero-order valence-electron chi connectivity index (χ0n) is 14.2. The maximum absolute atomic E-state index is 12.4. The number of carbonyl (C=O) groups excluding carboxylic acids is 1. The highest BCUT2D eigenvalue weighted by molar-refractivity contribution is 5.94. The number of carboxylic acid groups (broad SMARTS) is 1. The Balaban J connectivity index is 1.65. The molecule has 3 aromatic carbocycles. The highest BCUT2D eigenvalue weighted by Gasteiger charge is 2.08. The van der Waals surface area contributed by atoms with E-state index in [-0.39, 0.29) is 18.0 Å². The average Bonchev–Trinajstić information content (AvgIpc) is 2.67. The van der Waals surface area contributed by atoms with Crippen LogP contribution in [0.15, 0.2) is 78.9 Å². The summed E-state index contributed by atoms with van der Waals surface area (Å²) >= 11 is 0. The number of carbonyl (C=O) groups is 2. The third kappa shape index (κ3) is 4.57. The van der Waals surface area contributed by atoms with Gasteiger partial charge >= 0.3 is 5.97 Å². The molecule has 0 aliphatic rings. The van der Waals surface area contributed by atoms with Gasteiger partial charge in [-0.3, -0.25) is 4.79 Å². The van der Waals surface area contributed by atoms with E-state index in [0.717, 1.165) is 17.5 Å². The zero-order valence-corrected chi connectivity index (χ0v) is 14.2. The van der Waals surface area contributed by atoms with Gasteiger partial charge in [0.1, 0.15) is 0 Å². The summed E-state index contributed by atoms with van der Waals surface area (Å²) in [7, 11) is 0. The molecule has 3 rings (SSSR count). The molecule has 0 bridgehead atoms. The van der Waals surface area contributed by atoms with Gasteiger partial charge in [0, 0.05) is 12.1 Å². The third-order valence-corrected chi connectivity index (χ3v) is 4.07. The third-order valence-electron chi connectivity index (χ3n) is 4.07. The second kappa shape index (κ2) is 8.12. The van der Waals surface area contributed by atoms with Crippen LogP contribution < -0.4 is 5.32 Å². The molecular weight excluding hydrogens is 326 g/mol. The lowest BCUT2D eigenvalue weighted by molar-refractivity contribution is 0.0696. The molecule has 0 spiro atoms. The molecule has 0 fully saturated rings. The van der Waals surface area contributed by atoms with E-state index in [1.54, 1.807) is 24.3 Å². The maximum Gasteiger partial charge on any atom is 0.335 e. The molecule has 0 aromatic heterocycles. The van der Waals surface area contributed by atoms with Crippen LogP contribution in [-0.2, 0) is 13.0 Å². The molecule has 26 heavy (non-hydrogen) atoms. The first-order valence-electron chi connectivity index (χ1n) is 8.35. The fourth-order valence-corrected chi connectivity index (χ4v) is 2.75. The van der Waals surface area contributed by atoms with Crippen LogP contribution in [0.2, 0.25) is 0 Å². The molecule has 0 radical (unpaired) electrons. The first-order chi connectivity index (χ1) is 12.6. The summed E-state index contributed by atoms with van der Waals surface area (Å²) in [5.74, 6) is -1.16. The molecule has 130 valence electrons. The standard InChI is InChI=1S/C22H19NO3/c24-21(23-15-18-9-5-11-20(14-18)22(25)26)19-10-4-8-17(13-19)12-16-6-2-1-3-7-16/h1-11,13-14H,12,15H2,(H,23,24)(H,25,26). The largest absolute Gasteiger partial charge is 0.478 e. The highest BCUT2D eigenvalue weighted by Crippen LogP contribution is 2.12. The van der Waals surface area contributed by atoms with E-state index in [1.807, 2.05) is 36.4 Å². The summed E-state index contributed by atoms with van der Waals surface area (Å²) in [5, 5.41) is 11.9. The number of amides is 1. The van der Waals surface area contributed by atoms with Crippen LogP contribution in [-0.4, -0.2) is 17.0 Å². The van der Waals surface area contributed by atoms with E-state index in [2.05, 4.69) is 17.4 Å². The Hall–Kier alpha value is -3.40.